The summed E-state index contributed by atoms with van der Waals surface area (Å²) in [5.74, 6) is -1.34. The standard InChI is InChI=1S/C26H19ClN2O5/c1-33-21-10-7-17(8-11-21)13-19(15-28)26(32)34-16-24(30)29-23-12-9-20(27)14-22(23)25(31)18-5-3-2-4-6-18/h2-14H,16H2,1H3,(H,29,30)/b19-13-. The van der Waals surface area contributed by atoms with Crippen LogP contribution in [0.15, 0.2) is 78.4 Å². The highest BCUT2D eigenvalue weighted by atomic mass is 35.5. The van der Waals surface area contributed by atoms with Crippen molar-refractivity contribution in [2.24, 2.45) is 0 Å². The number of esters is 1. The molecule has 0 heterocycles. The molecule has 1 amide bonds. The highest BCUT2D eigenvalue weighted by Crippen LogP contribution is 2.24. The molecule has 0 saturated heterocycles. The first-order valence-electron chi connectivity index (χ1n) is 10.0. The lowest BCUT2D eigenvalue weighted by Gasteiger charge is -2.11. The minimum Gasteiger partial charge on any atom is -0.497 e. The lowest BCUT2D eigenvalue weighted by Crippen LogP contribution is -2.22. The topological polar surface area (TPSA) is 105 Å². The third kappa shape index (κ3) is 6.31. The molecule has 7 nitrogen and oxygen atoms in total. The highest BCUT2D eigenvalue weighted by molar-refractivity contribution is 6.31. The fourth-order valence-corrected chi connectivity index (χ4v) is 3.13. The van der Waals surface area contributed by atoms with Gasteiger partial charge in [0, 0.05) is 16.1 Å². The molecule has 0 fully saturated rings. The van der Waals surface area contributed by atoms with E-state index in [1.807, 2.05) is 0 Å². The number of nitrogens with zero attached hydrogens (tertiary/aromatic N) is 1. The van der Waals surface area contributed by atoms with Gasteiger partial charge in [0.15, 0.2) is 12.4 Å². The van der Waals surface area contributed by atoms with Crippen LogP contribution in [0.2, 0.25) is 5.02 Å². The van der Waals surface area contributed by atoms with Crippen molar-refractivity contribution in [3.05, 3.63) is 100 Å². The molecule has 0 atom stereocenters. The van der Waals surface area contributed by atoms with E-state index in [0.29, 0.717) is 21.9 Å². The molecule has 1 N–H and O–H groups in total. The number of carbonyl (C=O) groups is 3. The summed E-state index contributed by atoms with van der Waals surface area (Å²) in [5, 5.41) is 12.2. The number of ketones is 1. The smallest absolute Gasteiger partial charge is 0.349 e. The fraction of sp³-hybridized carbons (Fsp3) is 0.0769. The SMILES string of the molecule is COc1ccc(/C=C(/C#N)C(=O)OCC(=O)Nc2ccc(Cl)cc2C(=O)c2ccccc2)cc1. The van der Waals surface area contributed by atoms with E-state index in [9.17, 15) is 19.6 Å². The number of benzene rings is 3. The maximum absolute atomic E-state index is 12.9. The molecule has 34 heavy (non-hydrogen) atoms. The second-order valence-electron chi connectivity index (χ2n) is 6.95. The van der Waals surface area contributed by atoms with Crippen molar-refractivity contribution in [1.82, 2.24) is 0 Å². The van der Waals surface area contributed by atoms with Crippen molar-refractivity contribution in [2.45, 2.75) is 0 Å². The van der Waals surface area contributed by atoms with Crippen LogP contribution in [0.1, 0.15) is 21.5 Å². The predicted octanol–water partition coefficient (Wildman–Crippen LogP) is 4.67. The largest absolute Gasteiger partial charge is 0.497 e. The Morgan fingerprint density at radius 2 is 1.74 bits per heavy atom. The highest BCUT2D eigenvalue weighted by Gasteiger charge is 2.18. The Hall–Kier alpha value is -4.41. The van der Waals surface area contributed by atoms with E-state index in [4.69, 9.17) is 21.1 Å². The molecule has 0 spiro atoms. The van der Waals surface area contributed by atoms with Gasteiger partial charge in [-0.05, 0) is 42.0 Å². The quantitative estimate of drug-likeness (QED) is 0.220. The molecule has 0 bridgehead atoms. The second kappa shape index (κ2) is 11.5. The first kappa shape index (κ1) is 24.2. The van der Waals surface area contributed by atoms with Crippen LogP contribution in [0.5, 0.6) is 5.75 Å². The van der Waals surface area contributed by atoms with Crippen LogP contribution < -0.4 is 10.1 Å². The number of methoxy groups -OCH3 is 1. The summed E-state index contributed by atoms with van der Waals surface area (Å²) >= 11 is 6.04. The average Bonchev–Trinajstić information content (AvgIpc) is 2.87. The van der Waals surface area contributed by atoms with E-state index >= 15 is 0 Å². The molecule has 0 aliphatic carbocycles. The number of halogens is 1. The minimum atomic E-state index is -0.954. The van der Waals surface area contributed by atoms with Crippen LogP contribution in [-0.2, 0) is 14.3 Å². The van der Waals surface area contributed by atoms with Gasteiger partial charge in [-0.25, -0.2) is 4.79 Å². The number of nitrogens with one attached hydrogen (secondary N) is 1. The second-order valence-corrected chi connectivity index (χ2v) is 7.39. The van der Waals surface area contributed by atoms with Gasteiger partial charge >= 0.3 is 5.97 Å². The Labute approximate surface area is 201 Å². The van der Waals surface area contributed by atoms with Gasteiger partial charge in [-0.15, -0.1) is 0 Å². The van der Waals surface area contributed by atoms with E-state index in [2.05, 4.69) is 5.32 Å². The van der Waals surface area contributed by atoms with Crippen LogP contribution >= 0.6 is 11.6 Å². The zero-order valence-electron chi connectivity index (χ0n) is 18.1. The monoisotopic (exact) mass is 474 g/mol. The molecule has 3 aromatic carbocycles. The lowest BCUT2D eigenvalue weighted by molar-refractivity contribution is -0.142. The Morgan fingerprint density at radius 3 is 2.38 bits per heavy atom. The summed E-state index contributed by atoms with van der Waals surface area (Å²) in [4.78, 5) is 37.5. The summed E-state index contributed by atoms with van der Waals surface area (Å²) in [5.41, 5.74) is 1.14. The molecule has 3 aromatic rings. The number of carbonyl (C=O) groups excluding carboxylic acids is 3. The molecule has 0 aromatic heterocycles. The van der Waals surface area contributed by atoms with Crippen LogP contribution in [0.4, 0.5) is 5.69 Å². The molecule has 0 unspecified atom stereocenters. The zero-order chi connectivity index (χ0) is 24.5. The molecule has 0 saturated carbocycles. The number of anilines is 1. The fourth-order valence-electron chi connectivity index (χ4n) is 2.96. The predicted molar refractivity (Wildman–Crippen MR) is 127 cm³/mol. The van der Waals surface area contributed by atoms with Crippen molar-refractivity contribution < 1.29 is 23.9 Å². The maximum Gasteiger partial charge on any atom is 0.349 e. The van der Waals surface area contributed by atoms with E-state index < -0.39 is 18.5 Å². The number of nitriles is 1. The summed E-state index contributed by atoms with van der Waals surface area (Å²) < 4.78 is 10.0. The number of hydrogen-bond donors (Lipinski definition) is 1. The molecule has 3 rings (SSSR count). The van der Waals surface area contributed by atoms with Gasteiger partial charge in [-0.1, -0.05) is 54.1 Å². The number of ether oxygens (including phenoxy) is 2. The van der Waals surface area contributed by atoms with Gasteiger partial charge in [0.05, 0.1) is 12.8 Å². The van der Waals surface area contributed by atoms with Crippen molar-refractivity contribution in [1.29, 1.82) is 5.26 Å². The Morgan fingerprint density at radius 1 is 1.03 bits per heavy atom. The molecule has 0 aliphatic rings. The van der Waals surface area contributed by atoms with Crippen LogP contribution in [0.25, 0.3) is 6.08 Å². The van der Waals surface area contributed by atoms with Crippen molar-refractivity contribution in [2.75, 3.05) is 19.0 Å². The first-order chi connectivity index (χ1) is 16.4. The van der Waals surface area contributed by atoms with E-state index in [0.717, 1.165) is 0 Å². The average molecular weight is 475 g/mol. The van der Waals surface area contributed by atoms with E-state index in [1.165, 1.54) is 31.4 Å². The summed E-state index contributed by atoms with van der Waals surface area (Å²) in [6, 6.07) is 21.5. The molecular formula is C26H19ClN2O5. The molecule has 0 aliphatic heterocycles. The summed E-state index contributed by atoms with van der Waals surface area (Å²) in [7, 11) is 1.53. The van der Waals surface area contributed by atoms with Gasteiger partial charge < -0.3 is 14.8 Å². The lowest BCUT2D eigenvalue weighted by atomic mass is 10.0. The molecular weight excluding hydrogens is 456 g/mol. The van der Waals surface area contributed by atoms with E-state index in [-0.39, 0.29) is 22.6 Å². The third-order valence-corrected chi connectivity index (χ3v) is 4.87. The number of rotatable bonds is 8. The first-order valence-corrected chi connectivity index (χ1v) is 10.4. The number of amides is 1. The van der Waals surface area contributed by atoms with E-state index in [1.54, 1.807) is 60.7 Å². The summed E-state index contributed by atoms with van der Waals surface area (Å²) in [6.45, 7) is -0.651. The number of hydrogen-bond acceptors (Lipinski definition) is 6. The van der Waals surface area contributed by atoms with Crippen molar-refractivity contribution in [3.8, 4) is 11.8 Å². The van der Waals surface area contributed by atoms with Gasteiger partial charge in [-0.3, -0.25) is 9.59 Å². The molecule has 170 valence electrons. The van der Waals surface area contributed by atoms with Gasteiger partial charge in [0.2, 0.25) is 0 Å². The van der Waals surface area contributed by atoms with Gasteiger partial charge in [0.1, 0.15) is 17.4 Å². The summed E-state index contributed by atoms with van der Waals surface area (Å²) in [6.07, 6.45) is 1.34. The van der Waals surface area contributed by atoms with Crippen LogP contribution in [0, 0.1) is 11.3 Å². The normalized spacial score (nSPS) is 10.7. The van der Waals surface area contributed by atoms with Gasteiger partial charge in [-0.2, -0.15) is 5.26 Å². The van der Waals surface area contributed by atoms with Crippen LogP contribution in [0.3, 0.4) is 0 Å². The minimum absolute atomic E-state index is 0.190. The van der Waals surface area contributed by atoms with Crippen molar-refractivity contribution in [3.63, 3.8) is 0 Å². The van der Waals surface area contributed by atoms with Gasteiger partial charge in [0.25, 0.3) is 5.91 Å². The Balaban J connectivity index is 1.67. The zero-order valence-corrected chi connectivity index (χ0v) is 18.8. The third-order valence-electron chi connectivity index (χ3n) is 4.64. The Kier molecular flexibility index (Phi) is 8.16. The molecule has 8 heteroatoms. The molecule has 0 radical (unpaired) electrons. The Bertz CT molecular complexity index is 1280. The maximum atomic E-state index is 12.9. The van der Waals surface area contributed by atoms with Crippen LogP contribution in [-0.4, -0.2) is 31.4 Å². The van der Waals surface area contributed by atoms with Crippen molar-refractivity contribution >= 4 is 41.0 Å².